The Bertz CT molecular complexity index is 330. The van der Waals surface area contributed by atoms with Gasteiger partial charge in [-0.2, -0.15) is 0 Å². The molecule has 2 nitrogen and oxygen atoms in total. The molecule has 2 rings (SSSR count). The molecule has 0 radical (unpaired) electrons. The van der Waals surface area contributed by atoms with Gasteiger partial charge in [0.2, 0.25) is 0 Å². The summed E-state index contributed by atoms with van der Waals surface area (Å²) in [6.07, 6.45) is 3.87. The summed E-state index contributed by atoms with van der Waals surface area (Å²) < 4.78 is 0. The predicted molar refractivity (Wildman–Crippen MR) is 65.2 cm³/mol. The van der Waals surface area contributed by atoms with Gasteiger partial charge in [0, 0.05) is 11.1 Å². The molecule has 0 aromatic carbocycles. The number of aromatic nitrogens is 1. The molecule has 0 spiro atoms. The van der Waals surface area contributed by atoms with Crippen molar-refractivity contribution in [2.75, 3.05) is 6.54 Å². The van der Waals surface area contributed by atoms with Crippen LogP contribution < -0.4 is 5.32 Å². The molecule has 1 fully saturated rings. The van der Waals surface area contributed by atoms with Gasteiger partial charge in [0.1, 0.15) is 5.01 Å². The summed E-state index contributed by atoms with van der Waals surface area (Å²) in [5.74, 6) is 0.813. The zero-order valence-corrected chi connectivity index (χ0v) is 10.7. The van der Waals surface area contributed by atoms with E-state index in [-0.39, 0.29) is 5.54 Å². The SMILES string of the molecule is CCNC(CC)(c1nc(C)cs1)C1CC1. The van der Waals surface area contributed by atoms with Crippen LogP contribution in [0.4, 0.5) is 0 Å². The highest BCUT2D eigenvalue weighted by molar-refractivity contribution is 7.09. The standard InChI is InChI=1S/C12H20N2S/c1-4-12(13-5-2,10-6-7-10)11-14-9(3)8-15-11/h8,10,13H,4-7H2,1-3H3. The van der Waals surface area contributed by atoms with Crippen molar-refractivity contribution >= 4 is 11.3 Å². The van der Waals surface area contributed by atoms with Gasteiger partial charge in [-0.25, -0.2) is 4.98 Å². The maximum Gasteiger partial charge on any atom is 0.113 e. The summed E-state index contributed by atoms with van der Waals surface area (Å²) in [6, 6.07) is 0. The average molecular weight is 224 g/mol. The molecule has 0 amide bonds. The number of hydrogen-bond donors (Lipinski definition) is 1. The van der Waals surface area contributed by atoms with Gasteiger partial charge >= 0.3 is 0 Å². The van der Waals surface area contributed by atoms with Gasteiger partial charge < -0.3 is 5.32 Å². The Hall–Kier alpha value is -0.410. The number of hydrogen-bond acceptors (Lipinski definition) is 3. The minimum atomic E-state index is 0.174. The van der Waals surface area contributed by atoms with Crippen LogP contribution in [0.1, 0.15) is 43.8 Å². The third-order valence-corrected chi connectivity index (χ3v) is 4.46. The van der Waals surface area contributed by atoms with Gasteiger partial charge in [-0.05, 0) is 38.6 Å². The quantitative estimate of drug-likeness (QED) is 0.831. The van der Waals surface area contributed by atoms with Crippen LogP contribution >= 0.6 is 11.3 Å². The van der Waals surface area contributed by atoms with Gasteiger partial charge in [0.15, 0.2) is 0 Å². The predicted octanol–water partition coefficient (Wildman–Crippen LogP) is 3.08. The fraction of sp³-hybridized carbons (Fsp3) is 0.750. The van der Waals surface area contributed by atoms with E-state index in [4.69, 9.17) is 0 Å². The zero-order valence-electron chi connectivity index (χ0n) is 9.84. The van der Waals surface area contributed by atoms with Gasteiger partial charge in [0.05, 0.1) is 5.54 Å². The normalized spacial score (nSPS) is 20.2. The van der Waals surface area contributed by atoms with Crippen LogP contribution in [0.15, 0.2) is 5.38 Å². The monoisotopic (exact) mass is 224 g/mol. The second kappa shape index (κ2) is 4.22. The molecule has 0 saturated heterocycles. The first-order chi connectivity index (χ1) is 7.23. The second-order valence-electron chi connectivity index (χ2n) is 4.42. The molecule has 15 heavy (non-hydrogen) atoms. The van der Waals surface area contributed by atoms with Crippen molar-refractivity contribution in [3.8, 4) is 0 Å². The van der Waals surface area contributed by atoms with Gasteiger partial charge in [-0.3, -0.25) is 0 Å². The Morgan fingerprint density at radius 3 is 2.67 bits per heavy atom. The van der Waals surface area contributed by atoms with Crippen LogP contribution in [0.2, 0.25) is 0 Å². The molecule has 1 heterocycles. The van der Waals surface area contributed by atoms with E-state index in [1.165, 1.54) is 17.8 Å². The molecule has 1 unspecified atom stereocenters. The minimum absolute atomic E-state index is 0.174. The van der Waals surface area contributed by atoms with E-state index in [1.807, 2.05) is 11.3 Å². The lowest BCUT2D eigenvalue weighted by molar-refractivity contribution is 0.281. The summed E-state index contributed by atoms with van der Waals surface area (Å²) >= 11 is 1.82. The van der Waals surface area contributed by atoms with E-state index in [9.17, 15) is 0 Å². The Morgan fingerprint density at radius 1 is 1.53 bits per heavy atom. The minimum Gasteiger partial charge on any atom is -0.305 e. The van der Waals surface area contributed by atoms with Crippen molar-refractivity contribution in [2.24, 2.45) is 5.92 Å². The van der Waals surface area contributed by atoms with E-state index >= 15 is 0 Å². The van der Waals surface area contributed by atoms with E-state index in [1.54, 1.807) is 0 Å². The summed E-state index contributed by atoms with van der Waals surface area (Å²) in [6.45, 7) is 7.58. The molecule has 0 bridgehead atoms. The molecule has 1 aromatic rings. The molecule has 84 valence electrons. The van der Waals surface area contributed by atoms with Crippen molar-refractivity contribution in [3.05, 3.63) is 16.1 Å². The lowest BCUT2D eigenvalue weighted by Crippen LogP contribution is -2.43. The van der Waals surface area contributed by atoms with E-state index < -0.39 is 0 Å². The fourth-order valence-electron chi connectivity index (χ4n) is 2.41. The Kier molecular flexibility index (Phi) is 3.12. The Balaban J connectivity index is 2.31. The highest BCUT2D eigenvalue weighted by Crippen LogP contribution is 2.48. The van der Waals surface area contributed by atoms with Gasteiger partial charge in [-0.15, -0.1) is 11.3 Å². The first-order valence-corrected chi connectivity index (χ1v) is 6.78. The van der Waals surface area contributed by atoms with Crippen LogP contribution in [0.5, 0.6) is 0 Å². The third-order valence-electron chi connectivity index (χ3n) is 3.32. The summed E-state index contributed by atoms with van der Waals surface area (Å²) in [7, 11) is 0. The van der Waals surface area contributed by atoms with Crippen molar-refractivity contribution in [3.63, 3.8) is 0 Å². The molecule has 1 saturated carbocycles. The first-order valence-electron chi connectivity index (χ1n) is 5.90. The topological polar surface area (TPSA) is 24.9 Å². The molecule has 1 N–H and O–H groups in total. The molecule has 1 aliphatic carbocycles. The van der Waals surface area contributed by atoms with Crippen LogP contribution in [0, 0.1) is 12.8 Å². The smallest absolute Gasteiger partial charge is 0.113 e. The molecule has 0 aliphatic heterocycles. The highest BCUT2D eigenvalue weighted by Gasteiger charge is 2.46. The summed E-state index contributed by atoms with van der Waals surface area (Å²) in [5.41, 5.74) is 1.33. The Labute approximate surface area is 96.1 Å². The van der Waals surface area contributed by atoms with Crippen molar-refractivity contribution in [1.82, 2.24) is 10.3 Å². The van der Waals surface area contributed by atoms with Gasteiger partial charge in [-0.1, -0.05) is 13.8 Å². The third kappa shape index (κ3) is 1.95. The number of aryl methyl sites for hydroxylation is 1. The molecular formula is C12H20N2S. The van der Waals surface area contributed by atoms with E-state index in [0.29, 0.717) is 0 Å². The van der Waals surface area contributed by atoms with Gasteiger partial charge in [0.25, 0.3) is 0 Å². The molecular weight excluding hydrogens is 204 g/mol. The van der Waals surface area contributed by atoms with Crippen LogP contribution in [-0.4, -0.2) is 11.5 Å². The van der Waals surface area contributed by atoms with Crippen molar-refractivity contribution in [2.45, 2.75) is 45.6 Å². The molecule has 1 aliphatic rings. The molecule has 1 aromatic heterocycles. The van der Waals surface area contributed by atoms with Crippen LogP contribution in [0.3, 0.4) is 0 Å². The first kappa shape index (κ1) is 11.1. The number of nitrogens with one attached hydrogen (secondary N) is 1. The molecule has 3 heteroatoms. The summed E-state index contributed by atoms with van der Waals surface area (Å²) in [4.78, 5) is 4.69. The van der Waals surface area contributed by atoms with E-state index in [0.717, 1.165) is 24.6 Å². The number of thiazole rings is 1. The van der Waals surface area contributed by atoms with E-state index in [2.05, 4.69) is 36.5 Å². The van der Waals surface area contributed by atoms with Crippen molar-refractivity contribution < 1.29 is 0 Å². The van der Waals surface area contributed by atoms with Crippen molar-refractivity contribution in [1.29, 1.82) is 0 Å². The summed E-state index contributed by atoms with van der Waals surface area (Å²) in [5, 5.41) is 7.15. The number of rotatable bonds is 5. The maximum atomic E-state index is 4.69. The Morgan fingerprint density at radius 2 is 2.27 bits per heavy atom. The fourth-order valence-corrected chi connectivity index (χ4v) is 3.53. The largest absolute Gasteiger partial charge is 0.305 e. The van der Waals surface area contributed by atoms with Crippen LogP contribution in [-0.2, 0) is 5.54 Å². The highest BCUT2D eigenvalue weighted by atomic mass is 32.1. The average Bonchev–Trinajstić information content (AvgIpc) is 2.99. The maximum absolute atomic E-state index is 4.69. The van der Waals surface area contributed by atoms with Crippen LogP contribution in [0.25, 0.3) is 0 Å². The molecule has 1 atom stereocenters. The second-order valence-corrected chi connectivity index (χ2v) is 5.28. The lowest BCUT2D eigenvalue weighted by Gasteiger charge is -2.32. The zero-order chi connectivity index (χ0) is 10.9. The number of nitrogens with zero attached hydrogens (tertiary/aromatic N) is 1. The lowest BCUT2D eigenvalue weighted by atomic mass is 9.90.